The summed E-state index contributed by atoms with van der Waals surface area (Å²) in [7, 11) is 0. The zero-order chi connectivity index (χ0) is 15.2. The Morgan fingerprint density at radius 2 is 2.19 bits per heavy atom. The predicted octanol–water partition coefficient (Wildman–Crippen LogP) is 3.07. The summed E-state index contributed by atoms with van der Waals surface area (Å²) in [5, 5.41) is 2.09. The van der Waals surface area contributed by atoms with Crippen LogP contribution in [0.2, 0.25) is 0 Å². The molecule has 0 bridgehead atoms. The van der Waals surface area contributed by atoms with Crippen LogP contribution < -0.4 is 10.6 Å². The first-order chi connectivity index (χ1) is 10.1. The summed E-state index contributed by atoms with van der Waals surface area (Å²) in [4.78, 5) is 12.3. The minimum absolute atomic E-state index is 0.321. The van der Waals surface area contributed by atoms with E-state index in [1.165, 1.54) is 4.88 Å². The van der Waals surface area contributed by atoms with Gasteiger partial charge in [0.05, 0.1) is 6.54 Å². The molecule has 0 fully saturated rings. The number of nitrogen functional groups attached to an aromatic ring is 1. The molecule has 0 aliphatic heterocycles. The highest BCUT2D eigenvalue weighted by Gasteiger charge is 2.15. The van der Waals surface area contributed by atoms with Crippen molar-refractivity contribution < 1.29 is 4.74 Å². The number of thiophene rings is 1. The number of hydrogen-bond acceptors (Lipinski definition) is 6. The standard InChI is InChI=1S/C15H22N4OS/c1-4-20-10-14-17-13(16)8-15(18-14)19(11(2)3)9-12-6-5-7-21-12/h5-8,11H,4,9-10H2,1-3H3,(H2,16,17,18). The molecule has 0 radical (unpaired) electrons. The molecule has 0 spiro atoms. The van der Waals surface area contributed by atoms with E-state index in [1.807, 2.05) is 13.0 Å². The van der Waals surface area contributed by atoms with Gasteiger partial charge in [0.1, 0.15) is 18.2 Å². The molecular formula is C15H22N4OS. The average Bonchev–Trinajstić information content (AvgIpc) is 2.94. The topological polar surface area (TPSA) is 64.3 Å². The Bertz CT molecular complexity index is 557. The number of anilines is 2. The first-order valence-electron chi connectivity index (χ1n) is 7.10. The highest BCUT2D eigenvalue weighted by atomic mass is 32.1. The van der Waals surface area contributed by atoms with E-state index in [-0.39, 0.29) is 0 Å². The largest absolute Gasteiger partial charge is 0.384 e. The van der Waals surface area contributed by atoms with E-state index in [2.05, 4.69) is 46.2 Å². The molecule has 0 atom stereocenters. The number of nitrogens with two attached hydrogens (primary N) is 1. The number of nitrogens with zero attached hydrogens (tertiary/aromatic N) is 3. The molecule has 2 aromatic heterocycles. The Hall–Kier alpha value is -1.66. The molecule has 6 heteroatoms. The van der Waals surface area contributed by atoms with Crippen LogP contribution in [-0.2, 0) is 17.9 Å². The molecule has 2 rings (SSSR count). The Kier molecular flexibility index (Phi) is 5.52. The van der Waals surface area contributed by atoms with Crippen molar-refractivity contribution in [3.63, 3.8) is 0 Å². The SMILES string of the molecule is CCOCc1nc(N)cc(N(Cc2cccs2)C(C)C)n1. The van der Waals surface area contributed by atoms with E-state index in [4.69, 9.17) is 10.5 Å². The Balaban J connectivity index is 2.24. The Morgan fingerprint density at radius 3 is 2.81 bits per heavy atom. The second-order valence-corrected chi connectivity index (χ2v) is 6.04. The third-order valence-electron chi connectivity index (χ3n) is 3.04. The second kappa shape index (κ2) is 7.38. The van der Waals surface area contributed by atoms with Crippen molar-refractivity contribution in [2.75, 3.05) is 17.2 Å². The van der Waals surface area contributed by atoms with E-state index in [9.17, 15) is 0 Å². The van der Waals surface area contributed by atoms with Crippen LogP contribution in [0.1, 0.15) is 31.5 Å². The normalized spacial score (nSPS) is 11.0. The van der Waals surface area contributed by atoms with Gasteiger partial charge in [-0.3, -0.25) is 0 Å². The zero-order valence-electron chi connectivity index (χ0n) is 12.7. The fourth-order valence-corrected chi connectivity index (χ4v) is 2.71. The minimum atomic E-state index is 0.321. The molecule has 0 unspecified atom stereocenters. The predicted molar refractivity (Wildman–Crippen MR) is 87.4 cm³/mol. The lowest BCUT2D eigenvalue weighted by Crippen LogP contribution is -2.31. The van der Waals surface area contributed by atoms with Crippen LogP contribution in [0.3, 0.4) is 0 Å². The van der Waals surface area contributed by atoms with Crippen molar-refractivity contribution in [2.45, 2.75) is 40.0 Å². The molecule has 0 amide bonds. The maximum absolute atomic E-state index is 5.91. The lowest BCUT2D eigenvalue weighted by Gasteiger charge is -2.27. The number of ether oxygens (including phenoxy) is 1. The molecular weight excluding hydrogens is 284 g/mol. The van der Waals surface area contributed by atoms with Gasteiger partial charge in [-0.15, -0.1) is 11.3 Å². The highest BCUT2D eigenvalue weighted by Crippen LogP contribution is 2.22. The lowest BCUT2D eigenvalue weighted by atomic mass is 10.3. The average molecular weight is 306 g/mol. The van der Waals surface area contributed by atoms with Crippen molar-refractivity contribution in [1.29, 1.82) is 0 Å². The molecule has 0 aromatic carbocycles. The maximum atomic E-state index is 5.91. The molecule has 0 aliphatic carbocycles. The van der Waals surface area contributed by atoms with Crippen LogP contribution in [0.25, 0.3) is 0 Å². The Labute approximate surface area is 129 Å². The van der Waals surface area contributed by atoms with Gasteiger partial charge < -0.3 is 15.4 Å². The monoisotopic (exact) mass is 306 g/mol. The minimum Gasteiger partial charge on any atom is -0.384 e. The number of aromatic nitrogens is 2. The quantitative estimate of drug-likeness (QED) is 0.851. The van der Waals surface area contributed by atoms with Gasteiger partial charge in [0.15, 0.2) is 5.82 Å². The fourth-order valence-electron chi connectivity index (χ4n) is 2.01. The summed E-state index contributed by atoms with van der Waals surface area (Å²) in [5.74, 6) is 1.95. The van der Waals surface area contributed by atoms with Crippen molar-refractivity contribution in [2.24, 2.45) is 0 Å². The molecule has 0 aliphatic rings. The molecule has 2 aromatic rings. The van der Waals surface area contributed by atoms with Gasteiger partial charge in [-0.25, -0.2) is 9.97 Å². The highest BCUT2D eigenvalue weighted by molar-refractivity contribution is 7.09. The van der Waals surface area contributed by atoms with E-state index in [0.29, 0.717) is 30.9 Å². The van der Waals surface area contributed by atoms with Crippen LogP contribution in [-0.4, -0.2) is 22.6 Å². The van der Waals surface area contributed by atoms with Gasteiger partial charge in [-0.05, 0) is 32.2 Å². The molecule has 0 saturated carbocycles. The van der Waals surface area contributed by atoms with Crippen molar-refractivity contribution in [1.82, 2.24) is 9.97 Å². The van der Waals surface area contributed by atoms with Gasteiger partial charge >= 0.3 is 0 Å². The molecule has 2 heterocycles. The van der Waals surface area contributed by atoms with Crippen LogP contribution in [0.5, 0.6) is 0 Å². The van der Waals surface area contributed by atoms with Crippen LogP contribution in [0, 0.1) is 0 Å². The van der Waals surface area contributed by atoms with Crippen LogP contribution >= 0.6 is 11.3 Å². The van der Waals surface area contributed by atoms with Crippen LogP contribution in [0.15, 0.2) is 23.6 Å². The molecule has 2 N–H and O–H groups in total. The zero-order valence-corrected chi connectivity index (χ0v) is 13.6. The van der Waals surface area contributed by atoms with Crippen molar-refractivity contribution >= 4 is 23.0 Å². The van der Waals surface area contributed by atoms with Gasteiger partial charge in [-0.2, -0.15) is 0 Å². The number of rotatable bonds is 7. The van der Waals surface area contributed by atoms with E-state index >= 15 is 0 Å². The van der Waals surface area contributed by atoms with Gasteiger partial charge in [0.2, 0.25) is 0 Å². The summed E-state index contributed by atoms with van der Waals surface area (Å²) in [6.07, 6.45) is 0. The molecule has 114 valence electrons. The van der Waals surface area contributed by atoms with Crippen molar-refractivity contribution in [3.05, 3.63) is 34.3 Å². The fraction of sp³-hybridized carbons (Fsp3) is 0.467. The summed E-state index contributed by atoms with van der Waals surface area (Å²) in [5.41, 5.74) is 5.91. The summed E-state index contributed by atoms with van der Waals surface area (Å²) in [6, 6.07) is 6.34. The Morgan fingerprint density at radius 1 is 1.38 bits per heavy atom. The lowest BCUT2D eigenvalue weighted by molar-refractivity contribution is 0.128. The molecule has 0 saturated heterocycles. The second-order valence-electron chi connectivity index (χ2n) is 5.01. The first kappa shape index (κ1) is 15.7. The summed E-state index contributed by atoms with van der Waals surface area (Å²) in [6.45, 7) is 8.09. The van der Waals surface area contributed by atoms with Crippen LogP contribution in [0.4, 0.5) is 11.6 Å². The van der Waals surface area contributed by atoms with Crippen molar-refractivity contribution in [3.8, 4) is 0 Å². The number of hydrogen-bond donors (Lipinski definition) is 1. The third-order valence-corrected chi connectivity index (χ3v) is 3.90. The van der Waals surface area contributed by atoms with E-state index < -0.39 is 0 Å². The van der Waals surface area contributed by atoms with E-state index in [1.54, 1.807) is 11.3 Å². The van der Waals surface area contributed by atoms with Gasteiger partial charge in [0, 0.05) is 23.6 Å². The third kappa shape index (κ3) is 4.41. The molecule has 21 heavy (non-hydrogen) atoms. The van der Waals surface area contributed by atoms with Gasteiger partial charge in [-0.1, -0.05) is 6.07 Å². The summed E-state index contributed by atoms with van der Waals surface area (Å²) < 4.78 is 5.38. The first-order valence-corrected chi connectivity index (χ1v) is 7.98. The summed E-state index contributed by atoms with van der Waals surface area (Å²) >= 11 is 1.74. The molecule has 5 nitrogen and oxygen atoms in total. The smallest absolute Gasteiger partial charge is 0.158 e. The maximum Gasteiger partial charge on any atom is 0.158 e. The van der Waals surface area contributed by atoms with E-state index in [0.717, 1.165) is 12.4 Å². The van der Waals surface area contributed by atoms with Gasteiger partial charge in [0.25, 0.3) is 0 Å².